The maximum atomic E-state index is 6.15. The molecule has 2 aromatic rings. The second-order valence-electron chi connectivity index (χ2n) is 3.91. The summed E-state index contributed by atoms with van der Waals surface area (Å²) in [6.07, 6.45) is 0.951. The molecule has 1 unspecified atom stereocenters. The summed E-state index contributed by atoms with van der Waals surface area (Å²) in [5, 5.41) is 6.19. The number of rotatable bonds is 4. The topological polar surface area (TPSA) is 12.0 Å². The van der Waals surface area contributed by atoms with Crippen molar-refractivity contribution in [2.75, 3.05) is 7.05 Å². The summed E-state index contributed by atoms with van der Waals surface area (Å²) < 4.78 is 2.11. The summed E-state index contributed by atoms with van der Waals surface area (Å²) in [6.45, 7) is 0. The van der Waals surface area contributed by atoms with Gasteiger partial charge >= 0.3 is 0 Å². The molecule has 0 fully saturated rings. The van der Waals surface area contributed by atoms with Crippen molar-refractivity contribution in [3.8, 4) is 0 Å². The number of hydrogen-bond acceptors (Lipinski definition) is 2. The predicted octanol–water partition coefficient (Wildman–Crippen LogP) is 5.43. The molecule has 0 aliphatic rings. The highest BCUT2D eigenvalue weighted by Crippen LogP contribution is 2.31. The first-order valence-corrected chi connectivity index (χ1v) is 8.30. The van der Waals surface area contributed by atoms with Crippen LogP contribution in [0.25, 0.3) is 0 Å². The lowest BCUT2D eigenvalue weighted by Gasteiger charge is -2.17. The zero-order valence-electron chi connectivity index (χ0n) is 9.71. The number of thiophene rings is 1. The van der Waals surface area contributed by atoms with Crippen LogP contribution in [0.3, 0.4) is 0 Å². The molecule has 18 heavy (non-hydrogen) atoms. The van der Waals surface area contributed by atoms with Gasteiger partial charge in [0.1, 0.15) is 0 Å². The standard InChI is InChI=1S/C13H12Br2ClNS/c1-17-12(7-13-10(15)4-5-18-13)8-2-3-9(14)11(16)6-8/h2-6,12,17H,7H2,1H3. The van der Waals surface area contributed by atoms with Crippen LogP contribution in [-0.2, 0) is 6.42 Å². The van der Waals surface area contributed by atoms with E-state index in [1.807, 2.05) is 19.2 Å². The van der Waals surface area contributed by atoms with Gasteiger partial charge in [-0.3, -0.25) is 0 Å². The Kier molecular flexibility index (Phi) is 5.27. The van der Waals surface area contributed by atoms with Crippen LogP contribution in [0.2, 0.25) is 5.02 Å². The average molecular weight is 410 g/mol. The Hall–Kier alpha value is 0.130. The van der Waals surface area contributed by atoms with E-state index in [9.17, 15) is 0 Å². The van der Waals surface area contributed by atoms with E-state index >= 15 is 0 Å². The van der Waals surface area contributed by atoms with Crippen LogP contribution in [0.5, 0.6) is 0 Å². The fraction of sp³-hybridized carbons (Fsp3) is 0.231. The molecule has 0 radical (unpaired) electrons. The lowest BCUT2D eigenvalue weighted by molar-refractivity contribution is 0.595. The van der Waals surface area contributed by atoms with Crippen LogP contribution in [0.15, 0.2) is 38.6 Å². The van der Waals surface area contributed by atoms with Crippen molar-refractivity contribution >= 4 is 54.8 Å². The molecule has 1 aromatic heterocycles. The zero-order chi connectivity index (χ0) is 13.1. The molecule has 1 nitrogen and oxygen atoms in total. The third kappa shape index (κ3) is 3.36. The van der Waals surface area contributed by atoms with E-state index in [-0.39, 0.29) is 6.04 Å². The van der Waals surface area contributed by atoms with Gasteiger partial charge in [-0.15, -0.1) is 11.3 Å². The first kappa shape index (κ1) is 14.5. The SMILES string of the molecule is CNC(Cc1sccc1Br)c1ccc(Br)c(Cl)c1. The summed E-state index contributed by atoms with van der Waals surface area (Å²) in [4.78, 5) is 1.34. The van der Waals surface area contributed by atoms with Crippen molar-refractivity contribution < 1.29 is 0 Å². The van der Waals surface area contributed by atoms with E-state index in [2.05, 4.69) is 54.7 Å². The molecule has 1 aromatic carbocycles. The molecule has 2 rings (SSSR count). The predicted molar refractivity (Wildman–Crippen MR) is 86.7 cm³/mol. The van der Waals surface area contributed by atoms with E-state index in [4.69, 9.17) is 11.6 Å². The van der Waals surface area contributed by atoms with Crippen molar-refractivity contribution in [3.05, 3.63) is 54.1 Å². The monoisotopic (exact) mass is 407 g/mol. The van der Waals surface area contributed by atoms with E-state index in [1.165, 1.54) is 14.9 Å². The lowest BCUT2D eigenvalue weighted by atomic mass is 10.0. The largest absolute Gasteiger partial charge is 0.313 e. The first-order chi connectivity index (χ1) is 8.61. The van der Waals surface area contributed by atoms with Crippen molar-refractivity contribution in [2.45, 2.75) is 12.5 Å². The Morgan fingerprint density at radius 3 is 2.61 bits per heavy atom. The van der Waals surface area contributed by atoms with Gasteiger partial charge in [0.15, 0.2) is 0 Å². The molecular formula is C13H12Br2ClNS. The molecule has 0 saturated heterocycles. The van der Waals surface area contributed by atoms with Gasteiger partial charge in [0, 0.05) is 26.3 Å². The van der Waals surface area contributed by atoms with E-state index in [0.717, 1.165) is 15.9 Å². The third-order valence-electron chi connectivity index (χ3n) is 2.78. The molecule has 5 heteroatoms. The van der Waals surface area contributed by atoms with Crippen LogP contribution in [0, 0.1) is 0 Å². The molecule has 0 spiro atoms. The highest BCUT2D eigenvalue weighted by atomic mass is 79.9. The van der Waals surface area contributed by atoms with Crippen LogP contribution >= 0.6 is 54.8 Å². The molecule has 1 N–H and O–H groups in total. The van der Waals surface area contributed by atoms with Gasteiger partial charge in [-0.05, 0) is 68.1 Å². The van der Waals surface area contributed by atoms with Crippen molar-refractivity contribution in [1.82, 2.24) is 5.32 Å². The van der Waals surface area contributed by atoms with Crippen LogP contribution in [0.1, 0.15) is 16.5 Å². The number of likely N-dealkylation sites (N-methyl/N-ethyl adjacent to an activating group) is 1. The van der Waals surface area contributed by atoms with Gasteiger partial charge in [0.25, 0.3) is 0 Å². The fourth-order valence-electron chi connectivity index (χ4n) is 1.77. The molecule has 1 atom stereocenters. The van der Waals surface area contributed by atoms with E-state index in [1.54, 1.807) is 11.3 Å². The summed E-state index contributed by atoms with van der Waals surface area (Å²) in [5.41, 5.74) is 1.20. The van der Waals surface area contributed by atoms with Gasteiger partial charge in [0.05, 0.1) is 5.02 Å². The quantitative estimate of drug-likeness (QED) is 0.710. The number of benzene rings is 1. The molecule has 0 amide bonds. The molecule has 0 aliphatic carbocycles. The second kappa shape index (κ2) is 6.53. The average Bonchev–Trinajstić information content (AvgIpc) is 2.75. The summed E-state index contributed by atoms with van der Waals surface area (Å²) in [5.74, 6) is 0. The highest BCUT2D eigenvalue weighted by Gasteiger charge is 2.14. The van der Waals surface area contributed by atoms with Crippen molar-refractivity contribution in [1.29, 1.82) is 0 Å². The Morgan fingerprint density at radius 2 is 2.06 bits per heavy atom. The summed E-state index contributed by atoms with van der Waals surface area (Å²) in [7, 11) is 1.97. The second-order valence-corrected chi connectivity index (χ2v) is 7.03. The highest BCUT2D eigenvalue weighted by molar-refractivity contribution is 9.10. The van der Waals surface area contributed by atoms with Crippen LogP contribution < -0.4 is 5.32 Å². The van der Waals surface area contributed by atoms with E-state index < -0.39 is 0 Å². The number of nitrogens with one attached hydrogen (secondary N) is 1. The fourth-order valence-corrected chi connectivity index (χ4v) is 3.77. The van der Waals surface area contributed by atoms with Gasteiger partial charge in [-0.2, -0.15) is 0 Å². The summed E-state index contributed by atoms with van der Waals surface area (Å²) >= 11 is 14.9. The van der Waals surface area contributed by atoms with Crippen molar-refractivity contribution in [2.24, 2.45) is 0 Å². The van der Waals surface area contributed by atoms with E-state index in [0.29, 0.717) is 0 Å². The molecule has 96 valence electrons. The van der Waals surface area contributed by atoms with Gasteiger partial charge < -0.3 is 5.32 Å². The van der Waals surface area contributed by atoms with Crippen LogP contribution in [-0.4, -0.2) is 7.05 Å². The Bertz CT molecular complexity index is 542. The normalized spacial score (nSPS) is 12.7. The Morgan fingerprint density at radius 1 is 1.28 bits per heavy atom. The number of hydrogen-bond donors (Lipinski definition) is 1. The van der Waals surface area contributed by atoms with Gasteiger partial charge in [-0.25, -0.2) is 0 Å². The maximum Gasteiger partial charge on any atom is 0.0551 e. The van der Waals surface area contributed by atoms with Crippen LogP contribution in [0.4, 0.5) is 0 Å². The molecule has 0 aliphatic heterocycles. The Labute approximate surface area is 133 Å². The number of halogens is 3. The Balaban J connectivity index is 2.23. The minimum atomic E-state index is 0.269. The first-order valence-electron chi connectivity index (χ1n) is 5.46. The molecular weight excluding hydrogens is 397 g/mol. The summed E-state index contributed by atoms with van der Waals surface area (Å²) in [6, 6.07) is 8.45. The zero-order valence-corrected chi connectivity index (χ0v) is 14.5. The smallest absolute Gasteiger partial charge is 0.0551 e. The lowest BCUT2D eigenvalue weighted by Crippen LogP contribution is -2.18. The molecule has 0 saturated carbocycles. The minimum Gasteiger partial charge on any atom is -0.313 e. The minimum absolute atomic E-state index is 0.269. The van der Waals surface area contributed by atoms with Gasteiger partial charge in [0.2, 0.25) is 0 Å². The third-order valence-corrected chi connectivity index (χ3v) is 5.96. The molecule has 1 heterocycles. The maximum absolute atomic E-state index is 6.15. The van der Waals surface area contributed by atoms with Gasteiger partial charge in [-0.1, -0.05) is 17.7 Å². The molecule has 0 bridgehead atoms. The van der Waals surface area contributed by atoms with Crippen molar-refractivity contribution in [3.63, 3.8) is 0 Å².